The van der Waals surface area contributed by atoms with Crippen molar-refractivity contribution in [1.29, 1.82) is 0 Å². The van der Waals surface area contributed by atoms with Gasteiger partial charge in [0.1, 0.15) is 0 Å². The molecule has 0 aliphatic rings. The van der Waals surface area contributed by atoms with E-state index in [1.807, 2.05) is 0 Å². The second-order valence-corrected chi connectivity index (χ2v) is 6.69. The topological polar surface area (TPSA) is 116 Å². The molecule has 0 unspecified atom stereocenters. The molecular formula is C22H26N4O4. The number of benzene rings is 2. The van der Waals surface area contributed by atoms with Gasteiger partial charge in [-0.05, 0) is 35.4 Å². The molecule has 0 radical (unpaired) electrons. The Hall–Kier alpha value is -3.68. The molecule has 8 heteroatoms. The maximum Gasteiger partial charge on any atom is 0.224 e. The highest BCUT2D eigenvalue weighted by atomic mass is 16.2. The van der Waals surface area contributed by atoms with Crippen LogP contribution >= 0.6 is 0 Å². The van der Waals surface area contributed by atoms with Gasteiger partial charge in [0.25, 0.3) is 0 Å². The lowest BCUT2D eigenvalue weighted by Crippen LogP contribution is -2.20. The number of hydrogen-bond acceptors (Lipinski definition) is 4. The molecule has 2 aromatic carbocycles. The van der Waals surface area contributed by atoms with Gasteiger partial charge in [-0.15, -0.1) is 0 Å². The summed E-state index contributed by atoms with van der Waals surface area (Å²) in [6.45, 7) is 0. The zero-order valence-corrected chi connectivity index (χ0v) is 17.1. The van der Waals surface area contributed by atoms with E-state index < -0.39 is 0 Å². The van der Waals surface area contributed by atoms with Crippen LogP contribution in [0.4, 0.5) is 11.4 Å². The van der Waals surface area contributed by atoms with Crippen LogP contribution in [0.2, 0.25) is 0 Å². The molecular weight excluding hydrogens is 384 g/mol. The molecule has 8 nitrogen and oxygen atoms in total. The highest BCUT2D eigenvalue weighted by molar-refractivity contribution is 5.96. The Morgan fingerprint density at radius 2 is 0.900 bits per heavy atom. The smallest absolute Gasteiger partial charge is 0.224 e. The first-order valence-electron chi connectivity index (χ1n) is 9.58. The first-order chi connectivity index (χ1) is 14.4. The summed E-state index contributed by atoms with van der Waals surface area (Å²) in [5, 5.41) is 10.6. The summed E-state index contributed by atoms with van der Waals surface area (Å²) in [7, 11) is 3.16. The second-order valence-electron chi connectivity index (χ2n) is 6.69. The fourth-order valence-corrected chi connectivity index (χ4v) is 2.63. The van der Waals surface area contributed by atoms with Gasteiger partial charge >= 0.3 is 0 Å². The summed E-state index contributed by atoms with van der Waals surface area (Å²) in [5.41, 5.74) is 2.89. The average molecular weight is 410 g/mol. The van der Waals surface area contributed by atoms with Gasteiger partial charge in [-0.3, -0.25) is 19.2 Å². The normalized spacial score (nSPS) is 10.1. The molecule has 30 heavy (non-hydrogen) atoms. The molecule has 4 amide bonds. The number of hydrogen-bond donors (Lipinski definition) is 4. The Balaban J connectivity index is 1.75. The van der Waals surface area contributed by atoms with Gasteiger partial charge in [-0.25, -0.2) is 0 Å². The molecule has 0 aliphatic heterocycles. The molecule has 2 aromatic rings. The van der Waals surface area contributed by atoms with Crippen LogP contribution in [0.25, 0.3) is 0 Å². The van der Waals surface area contributed by atoms with Gasteiger partial charge in [-0.1, -0.05) is 24.3 Å². The number of nitrogens with one attached hydrogen (secondary N) is 4. The Labute approximate surface area is 175 Å². The average Bonchev–Trinajstić information content (AvgIpc) is 2.75. The van der Waals surface area contributed by atoms with Crippen LogP contribution in [0, 0.1) is 0 Å². The molecule has 4 N–H and O–H groups in total. The molecule has 0 fully saturated rings. The van der Waals surface area contributed by atoms with Gasteiger partial charge in [0, 0.05) is 38.3 Å². The summed E-state index contributed by atoms with van der Waals surface area (Å²) in [6.07, 6.45) is 0.635. The van der Waals surface area contributed by atoms with Gasteiger partial charge in [-0.2, -0.15) is 0 Å². The highest BCUT2D eigenvalue weighted by Crippen LogP contribution is 2.13. The minimum atomic E-state index is -0.273. The van der Waals surface area contributed by atoms with E-state index >= 15 is 0 Å². The number of likely N-dealkylation sites (N-methyl/N-ethyl adjacent to an activating group) is 2. The highest BCUT2D eigenvalue weighted by Gasteiger charge is 2.09. The lowest BCUT2D eigenvalue weighted by atomic mass is 10.1. The molecule has 0 aliphatic carbocycles. The summed E-state index contributed by atoms with van der Waals surface area (Å²) < 4.78 is 0. The largest absolute Gasteiger partial charge is 0.359 e. The van der Waals surface area contributed by atoms with E-state index in [-0.39, 0.29) is 49.3 Å². The predicted molar refractivity (Wildman–Crippen MR) is 115 cm³/mol. The third-order valence-electron chi connectivity index (χ3n) is 4.34. The van der Waals surface area contributed by atoms with E-state index in [0.717, 1.165) is 11.1 Å². The zero-order valence-electron chi connectivity index (χ0n) is 17.1. The monoisotopic (exact) mass is 410 g/mol. The van der Waals surface area contributed by atoms with E-state index in [1.54, 1.807) is 62.6 Å². The molecule has 158 valence electrons. The molecule has 0 aromatic heterocycles. The minimum absolute atomic E-state index is 0.0422. The summed E-state index contributed by atoms with van der Waals surface area (Å²) in [6, 6.07) is 14.0. The Bertz CT molecular complexity index is 817. The van der Waals surface area contributed by atoms with Crippen molar-refractivity contribution in [2.24, 2.45) is 0 Å². The van der Waals surface area contributed by atoms with Gasteiger partial charge in [0.2, 0.25) is 23.6 Å². The van der Waals surface area contributed by atoms with Crippen molar-refractivity contribution in [3.05, 3.63) is 59.7 Å². The van der Waals surface area contributed by atoms with Crippen LogP contribution in [-0.4, -0.2) is 37.7 Å². The lowest BCUT2D eigenvalue weighted by molar-refractivity contribution is -0.121. The van der Waals surface area contributed by atoms with Crippen LogP contribution < -0.4 is 21.3 Å². The summed E-state index contributed by atoms with van der Waals surface area (Å²) >= 11 is 0. The molecule has 2 rings (SSSR count). The zero-order chi connectivity index (χ0) is 21.9. The van der Waals surface area contributed by atoms with Crippen molar-refractivity contribution in [1.82, 2.24) is 10.6 Å². The van der Waals surface area contributed by atoms with Gasteiger partial charge < -0.3 is 21.3 Å². The first-order valence-corrected chi connectivity index (χ1v) is 9.58. The van der Waals surface area contributed by atoms with E-state index in [0.29, 0.717) is 11.4 Å². The minimum Gasteiger partial charge on any atom is -0.359 e. The van der Waals surface area contributed by atoms with Crippen LogP contribution in [0.15, 0.2) is 48.5 Å². The van der Waals surface area contributed by atoms with Crippen LogP contribution in [0.1, 0.15) is 24.0 Å². The van der Waals surface area contributed by atoms with E-state index in [9.17, 15) is 19.2 Å². The fraction of sp³-hybridized carbons (Fsp3) is 0.273. The number of carbonyl (C=O) groups is 4. The van der Waals surface area contributed by atoms with Crippen molar-refractivity contribution >= 4 is 35.0 Å². The predicted octanol–water partition coefficient (Wildman–Crippen LogP) is 1.62. The maximum absolute atomic E-state index is 12.1. The summed E-state index contributed by atoms with van der Waals surface area (Å²) in [4.78, 5) is 46.8. The SMILES string of the molecule is CNC(=O)Cc1ccc(NC(=O)CCC(=O)Nc2ccc(CC(=O)NC)cc2)cc1. The molecule has 0 atom stereocenters. The third-order valence-corrected chi connectivity index (χ3v) is 4.34. The summed E-state index contributed by atoms with van der Waals surface area (Å²) in [5.74, 6) is -0.715. The van der Waals surface area contributed by atoms with E-state index in [4.69, 9.17) is 0 Å². The standard InChI is InChI=1S/C22H26N4O4/c1-23-21(29)13-15-3-7-17(8-4-15)25-19(27)11-12-20(28)26-18-9-5-16(6-10-18)14-22(30)24-2/h3-10H,11-14H2,1-2H3,(H,23,29)(H,24,30)(H,25,27)(H,26,28). The van der Waals surface area contributed by atoms with Crippen LogP contribution in [0.3, 0.4) is 0 Å². The maximum atomic E-state index is 12.1. The Kier molecular flexibility index (Phi) is 8.56. The molecule has 0 heterocycles. The number of rotatable bonds is 9. The fourth-order valence-electron chi connectivity index (χ4n) is 2.63. The van der Waals surface area contributed by atoms with Crippen molar-refractivity contribution in [3.63, 3.8) is 0 Å². The Morgan fingerprint density at radius 3 is 1.20 bits per heavy atom. The van der Waals surface area contributed by atoms with Crippen molar-refractivity contribution in [2.75, 3.05) is 24.7 Å². The number of carbonyl (C=O) groups excluding carboxylic acids is 4. The Morgan fingerprint density at radius 1 is 0.567 bits per heavy atom. The molecule has 0 bridgehead atoms. The van der Waals surface area contributed by atoms with Crippen LogP contribution in [0.5, 0.6) is 0 Å². The van der Waals surface area contributed by atoms with Crippen molar-refractivity contribution in [2.45, 2.75) is 25.7 Å². The van der Waals surface area contributed by atoms with Crippen LogP contribution in [-0.2, 0) is 32.0 Å². The van der Waals surface area contributed by atoms with Crippen molar-refractivity contribution < 1.29 is 19.2 Å². The third kappa shape index (κ3) is 7.75. The molecule has 0 spiro atoms. The lowest BCUT2D eigenvalue weighted by Gasteiger charge is -2.08. The second kappa shape index (κ2) is 11.4. The number of amides is 4. The molecule has 0 saturated carbocycles. The van der Waals surface area contributed by atoms with Gasteiger partial charge in [0.05, 0.1) is 12.8 Å². The van der Waals surface area contributed by atoms with E-state index in [1.165, 1.54) is 0 Å². The first kappa shape index (κ1) is 22.6. The van der Waals surface area contributed by atoms with Gasteiger partial charge in [0.15, 0.2) is 0 Å². The van der Waals surface area contributed by atoms with Crippen molar-refractivity contribution in [3.8, 4) is 0 Å². The number of anilines is 2. The van der Waals surface area contributed by atoms with E-state index in [2.05, 4.69) is 21.3 Å². The molecule has 0 saturated heterocycles. The quantitative estimate of drug-likeness (QED) is 0.503.